The van der Waals surface area contributed by atoms with Gasteiger partial charge in [-0.1, -0.05) is 22.0 Å². The minimum absolute atomic E-state index is 0.216. The van der Waals surface area contributed by atoms with Crippen molar-refractivity contribution in [2.75, 3.05) is 6.54 Å². The van der Waals surface area contributed by atoms with E-state index in [9.17, 15) is 0 Å². The van der Waals surface area contributed by atoms with E-state index in [-0.39, 0.29) is 6.10 Å². The highest BCUT2D eigenvalue weighted by Gasteiger charge is 2.12. The molecule has 1 aromatic carbocycles. The first-order valence-electron chi connectivity index (χ1n) is 5.74. The van der Waals surface area contributed by atoms with Gasteiger partial charge in [0.15, 0.2) is 6.10 Å². The summed E-state index contributed by atoms with van der Waals surface area (Å²) < 4.78 is 6.94. The average molecular weight is 307 g/mol. The number of nitrogens with two attached hydrogens (primary N) is 1. The SMILES string of the molecule is Cc1cc(OC(CN)c2ccccn2)ccc1Br. The number of nitrogens with zero attached hydrogens (tertiary/aromatic N) is 1. The predicted octanol–water partition coefficient (Wildman–Crippen LogP) is 3.23. The molecule has 1 atom stereocenters. The van der Waals surface area contributed by atoms with Gasteiger partial charge in [0.1, 0.15) is 5.75 Å². The molecule has 0 saturated carbocycles. The largest absolute Gasteiger partial charge is 0.483 e. The summed E-state index contributed by atoms with van der Waals surface area (Å²) in [6.45, 7) is 2.42. The highest BCUT2D eigenvalue weighted by molar-refractivity contribution is 9.10. The Labute approximate surface area is 115 Å². The van der Waals surface area contributed by atoms with Crippen LogP contribution in [0.2, 0.25) is 0 Å². The number of hydrogen-bond donors (Lipinski definition) is 1. The quantitative estimate of drug-likeness (QED) is 0.943. The van der Waals surface area contributed by atoms with Crippen molar-refractivity contribution in [1.29, 1.82) is 0 Å². The molecule has 0 aliphatic heterocycles. The summed E-state index contributed by atoms with van der Waals surface area (Å²) in [7, 11) is 0. The van der Waals surface area contributed by atoms with E-state index in [1.807, 2.05) is 43.3 Å². The van der Waals surface area contributed by atoms with Crippen LogP contribution in [-0.2, 0) is 0 Å². The van der Waals surface area contributed by atoms with Gasteiger partial charge in [0.25, 0.3) is 0 Å². The topological polar surface area (TPSA) is 48.1 Å². The highest BCUT2D eigenvalue weighted by Crippen LogP contribution is 2.25. The second-order valence-corrected chi connectivity index (χ2v) is 4.86. The van der Waals surface area contributed by atoms with Gasteiger partial charge in [-0.15, -0.1) is 0 Å². The number of benzene rings is 1. The molecule has 2 rings (SSSR count). The van der Waals surface area contributed by atoms with E-state index in [1.165, 1.54) is 0 Å². The zero-order valence-electron chi connectivity index (χ0n) is 10.1. The van der Waals surface area contributed by atoms with Crippen molar-refractivity contribution in [1.82, 2.24) is 4.98 Å². The van der Waals surface area contributed by atoms with Gasteiger partial charge < -0.3 is 10.5 Å². The van der Waals surface area contributed by atoms with Gasteiger partial charge in [-0.05, 0) is 42.8 Å². The van der Waals surface area contributed by atoms with Crippen LogP contribution in [0.5, 0.6) is 5.75 Å². The molecule has 1 aromatic heterocycles. The summed E-state index contributed by atoms with van der Waals surface area (Å²) in [6.07, 6.45) is 1.53. The number of pyridine rings is 1. The maximum Gasteiger partial charge on any atom is 0.153 e. The fraction of sp³-hybridized carbons (Fsp3) is 0.214. The van der Waals surface area contributed by atoms with Crippen molar-refractivity contribution >= 4 is 15.9 Å². The van der Waals surface area contributed by atoms with Gasteiger partial charge in [-0.25, -0.2) is 0 Å². The molecule has 0 fully saturated rings. The summed E-state index contributed by atoms with van der Waals surface area (Å²) in [4.78, 5) is 4.27. The Bertz CT molecular complexity index is 516. The van der Waals surface area contributed by atoms with Crippen molar-refractivity contribution in [2.45, 2.75) is 13.0 Å². The molecule has 4 heteroatoms. The van der Waals surface area contributed by atoms with E-state index in [1.54, 1.807) is 6.20 Å². The van der Waals surface area contributed by atoms with Crippen LogP contribution in [0.1, 0.15) is 17.4 Å². The van der Waals surface area contributed by atoms with Crippen LogP contribution in [0.3, 0.4) is 0 Å². The van der Waals surface area contributed by atoms with Crippen molar-refractivity contribution < 1.29 is 4.74 Å². The minimum Gasteiger partial charge on any atom is -0.483 e. The molecule has 2 N–H and O–H groups in total. The summed E-state index contributed by atoms with van der Waals surface area (Å²) >= 11 is 3.46. The molecule has 18 heavy (non-hydrogen) atoms. The zero-order chi connectivity index (χ0) is 13.0. The molecule has 0 aliphatic carbocycles. The lowest BCUT2D eigenvalue weighted by Crippen LogP contribution is -2.19. The third-order valence-electron chi connectivity index (χ3n) is 2.64. The van der Waals surface area contributed by atoms with Crippen molar-refractivity contribution in [3.63, 3.8) is 0 Å². The standard InChI is InChI=1S/C14H15BrN2O/c1-10-8-11(5-6-12(10)15)18-14(9-16)13-4-2-3-7-17-13/h2-8,14H,9,16H2,1H3. The first-order chi connectivity index (χ1) is 8.70. The molecule has 3 nitrogen and oxygen atoms in total. The molecule has 0 spiro atoms. The van der Waals surface area contributed by atoms with Gasteiger partial charge >= 0.3 is 0 Å². The molecule has 1 unspecified atom stereocenters. The Kier molecular flexibility index (Phi) is 4.33. The number of halogens is 1. The van der Waals surface area contributed by atoms with Crippen molar-refractivity contribution in [2.24, 2.45) is 5.73 Å². The fourth-order valence-corrected chi connectivity index (χ4v) is 1.90. The lowest BCUT2D eigenvalue weighted by Gasteiger charge is -2.17. The monoisotopic (exact) mass is 306 g/mol. The van der Waals surface area contributed by atoms with Crippen LogP contribution in [-0.4, -0.2) is 11.5 Å². The van der Waals surface area contributed by atoms with Crippen LogP contribution in [0.15, 0.2) is 47.1 Å². The molecule has 1 heterocycles. The molecule has 94 valence electrons. The molecule has 0 amide bonds. The Morgan fingerprint density at radius 3 is 2.78 bits per heavy atom. The molecular weight excluding hydrogens is 292 g/mol. The fourth-order valence-electron chi connectivity index (χ4n) is 1.65. The third kappa shape index (κ3) is 3.09. The van der Waals surface area contributed by atoms with E-state index in [2.05, 4.69) is 20.9 Å². The lowest BCUT2D eigenvalue weighted by atomic mass is 10.2. The number of hydrogen-bond acceptors (Lipinski definition) is 3. The Morgan fingerprint density at radius 2 is 2.17 bits per heavy atom. The summed E-state index contributed by atoms with van der Waals surface area (Å²) in [5.41, 5.74) is 7.72. The summed E-state index contributed by atoms with van der Waals surface area (Å²) in [5.74, 6) is 0.803. The molecule has 2 aromatic rings. The van der Waals surface area contributed by atoms with E-state index in [0.717, 1.165) is 21.5 Å². The lowest BCUT2D eigenvalue weighted by molar-refractivity contribution is 0.209. The first-order valence-corrected chi connectivity index (χ1v) is 6.54. The number of aromatic nitrogens is 1. The molecule has 0 bridgehead atoms. The number of rotatable bonds is 4. The Balaban J connectivity index is 2.18. The van der Waals surface area contributed by atoms with Gasteiger partial charge in [0, 0.05) is 17.2 Å². The van der Waals surface area contributed by atoms with Crippen LogP contribution in [0, 0.1) is 6.92 Å². The summed E-state index contributed by atoms with van der Waals surface area (Å²) in [5, 5.41) is 0. The third-order valence-corrected chi connectivity index (χ3v) is 3.53. The van der Waals surface area contributed by atoms with Crippen molar-refractivity contribution in [3.05, 3.63) is 58.3 Å². The molecule has 0 saturated heterocycles. The van der Waals surface area contributed by atoms with Gasteiger partial charge in [-0.2, -0.15) is 0 Å². The van der Waals surface area contributed by atoms with E-state index in [0.29, 0.717) is 6.54 Å². The van der Waals surface area contributed by atoms with Crippen LogP contribution in [0.4, 0.5) is 0 Å². The predicted molar refractivity (Wildman–Crippen MR) is 75.5 cm³/mol. The van der Waals surface area contributed by atoms with Gasteiger partial charge in [0.2, 0.25) is 0 Å². The number of ether oxygens (including phenoxy) is 1. The van der Waals surface area contributed by atoms with Crippen LogP contribution >= 0.6 is 15.9 Å². The van der Waals surface area contributed by atoms with Crippen LogP contribution in [0.25, 0.3) is 0 Å². The maximum absolute atomic E-state index is 5.88. The van der Waals surface area contributed by atoms with Crippen LogP contribution < -0.4 is 10.5 Å². The average Bonchev–Trinajstić information content (AvgIpc) is 2.41. The molecule has 0 radical (unpaired) electrons. The molecular formula is C14H15BrN2O. The highest BCUT2D eigenvalue weighted by atomic mass is 79.9. The zero-order valence-corrected chi connectivity index (χ0v) is 11.7. The second-order valence-electron chi connectivity index (χ2n) is 4.01. The van der Waals surface area contributed by atoms with Gasteiger partial charge in [-0.3, -0.25) is 4.98 Å². The number of aryl methyl sites for hydroxylation is 1. The second kappa shape index (κ2) is 5.98. The Morgan fingerprint density at radius 1 is 1.33 bits per heavy atom. The Hall–Kier alpha value is -1.39. The normalized spacial score (nSPS) is 12.2. The van der Waals surface area contributed by atoms with E-state index < -0.39 is 0 Å². The molecule has 0 aliphatic rings. The van der Waals surface area contributed by atoms with Crippen molar-refractivity contribution in [3.8, 4) is 5.75 Å². The maximum atomic E-state index is 5.88. The minimum atomic E-state index is -0.216. The van der Waals surface area contributed by atoms with E-state index >= 15 is 0 Å². The smallest absolute Gasteiger partial charge is 0.153 e. The summed E-state index contributed by atoms with van der Waals surface area (Å²) in [6, 6.07) is 11.6. The first kappa shape index (κ1) is 13.1. The van der Waals surface area contributed by atoms with Gasteiger partial charge in [0.05, 0.1) is 5.69 Å². The van der Waals surface area contributed by atoms with E-state index in [4.69, 9.17) is 10.5 Å².